The minimum atomic E-state index is 0.302. The Bertz CT molecular complexity index is 335. The molecule has 2 heterocycles. The molecule has 0 radical (unpaired) electrons. The molecular weight excluding hydrogens is 246 g/mol. The van der Waals surface area contributed by atoms with Gasteiger partial charge in [-0.25, -0.2) is 0 Å². The zero-order valence-corrected chi connectivity index (χ0v) is 13.5. The SMILES string of the molecule is CC1(C)CCCC(CN)(N2CCC(N3CCCC3)C2)C1. The summed E-state index contributed by atoms with van der Waals surface area (Å²) in [5, 5.41) is 0. The number of nitrogens with two attached hydrogens (primary N) is 1. The molecule has 2 saturated heterocycles. The lowest BCUT2D eigenvalue weighted by atomic mass is 9.67. The smallest absolute Gasteiger partial charge is 0.0337 e. The van der Waals surface area contributed by atoms with Crippen LogP contribution < -0.4 is 5.73 Å². The van der Waals surface area contributed by atoms with Crippen molar-refractivity contribution >= 4 is 0 Å². The molecule has 3 nitrogen and oxygen atoms in total. The molecule has 2 aliphatic heterocycles. The van der Waals surface area contributed by atoms with Gasteiger partial charge in [0.2, 0.25) is 0 Å². The zero-order chi connectivity index (χ0) is 14.2. The van der Waals surface area contributed by atoms with Crippen LogP contribution >= 0.6 is 0 Å². The van der Waals surface area contributed by atoms with E-state index in [2.05, 4.69) is 23.6 Å². The highest BCUT2D eigenvalue weighted by atomic mass is 15.3. The van der Waals surface area contributed by atoms with E-state index in [1.54, 1.807) is 0 Å². The summed E-state index contributed by atoms with van der Waals surface area (Å²) in [5.74, 6) is 0. The van der Waals surface area contributed by atoms with E-state index in [0.29, 0.717) is 11.0 Å². The Hall–Kier alpha value is -0.120. The molecule has 2 atom stereocenters. The number of hydrogen-bond donors (Lipinski definition) is 1. The number of nitrogens with zero attached hydrogens (tertiary/aromatic N) is 2. The summed E-state index contributed by atoms with van der Waals surface area (Å²) in [6, 6.07) is 0.811. The highest BCUT2D eigenvalue weighted by molar-refractivity contribution is 5.02. The van der Waals surface area contributed by atoms with Gasteiger partial charge in [0.25, 0.3) is 0 Å². The molecule has 0 aromatic rings. The summed E-state index contributed by atoms with van der Waals surface area (Å²) >= 11 is 0. The molecule has 3 heteroatoms. The normalized spacial score (nSPS) is 39.5. The molecule has 116 valence electrons. The van der Waals surface area contributed by atoms with E-state index in [-0.39, 0.29) is 0 Å². The second-order valence-electron chi connectivity index (χ2n) is 8.25. The van der Waals surface area contributed by atoms with Crippen molar-refractivity contribution < 1.29 is 0 Å². The second-order valence-corrected chi connectivity index (χ2v) is 8.25. The van der Waals surface area contributed by atoms with Crippen LogP contribution in [0.1, 0.15) is 58.8 Å². The summed E-state index contributed by atoms with van der Waals surface area (Å²) in [7, 11) is 0. The largest absolute Gasteiger partial charge is 0.329 e. The lowest BCUT2D eigenvalue weighted by molar-refractivity contribution is 0.0213. The van der Waals surface area contributed by atoms with Crippen LogP contribution in [-0.4, -0.2) is 54.1 Å². The molecule has 1 saturated carbocycles. The van der Waals surface area contributed by atoms with Gasteiger partial charge in [-0.05, 0) is 57.0 Å². The monoisotopic (exact) mass is 279 g/mol. The third-order valence-electron chi connectivity index (χ3n) is 6.17. The van der Waals surface area contributed by atoms with E-state index in [9.17, 15) is 0 Å². The van der Waals surface area contributed by atoms with Crippen molar-refractivity contribution in [2.75, 3.05) is 32.7 Å². The highest BCUT2D eigenvalue weighted by Crippen LogP contribution is 2.44. The van der Waals surface area contributed by atoms with Crippen molar-refractivity contribution in [2.45, 2.75) is 70.4 Å². The van der Waals surface area contributed by atoms with Gasteiger partial charge in [0.1, 0.15) is 0 Å². The minimum absolute atomic E-state index is 0.302. The molecule has 0 spiro atoms. The van der Waals surface area contributed by atoms with Gasteiger partial charge in [-0.3, -0.25) is 9.80 Å². The summed E-state index contributed by atoms with van der Waals surface area (Å²) in [4.78, 5) is 5.51. The van der Waals surface area contributed by atoms with Crippen LogP contribution in [-0.2, 0) is 0 Å². The molecule has 20 heavy (non-hydrogen) atoms. The van der Waals surface area contributed by atoms with Crippen molar-refractivity contribution in [1.29, 1.82) is 0 Å². The standard InChI is InChI=1S/C17H33N3/c1-16(2)7-5-8-17(13-16,14-18)20-11-6-15(12-20)19-9-3-4-10-19/h15H,3-14,18H2,1-2H3. The maximum absolute atomic E-state index is 6.28. The molecule has 0 amide bonds. The first-order chi connectivity index (χ1) is 9.55. The van der Waals surface area contributed by atoms with Crippen LogP contribution in [0.25, 0.3) is 0 Å². The molecule has 0 aromatic carbocycles. The summed E-state index contributed by atoms with van der Waals surface area (Å²) < 4.78 is 0. The predicted octanol–water partition coefficient (Wildman–Crippen LogP) is 2.45. The van der Waals surface area contributed by atoms with Crippen LogP contribution in [0.15, 0.2) is 0 Å². The molecule has 2 unspecified atom stereocenters. The van der Waals surface area contributed by atoms with Gasteiger partial charge in [-0.15, -0.1) is 0 Å². The molecule has 3 aliphatic rings. The van der Waals surface area contributed by atoms with Crippen LogP contribution in [0.4, 0.5) is 0 Å². The summed E-state index contributed by atoms with van der Waals surface area (Å²) in [5.41, 5.74) is 7.06. The average Bonchev–Trinajstić information content (AvgIpc) is 3.08. The molecule has 2 N–H and O–H groups in total. The Morgan fingerprint density at radius 3 is 2.45 bits per heavy atom. The van der Waals surface area contributed by atoms with Gasteiger partial charge in [0.05, 0.1) is 0 Å². The van der Waals surface area contributed by atoms with Gasteiger partial charge in [0, 0.05) is 31.2 Å². The molecule has 0 aromatic heterocycles. The fourth-order valence-electron chi connectivity index (χ4n) is 5.11. The van der Waals surface area contributed by atoms with Crippen molar-refractivity contribution in [2.24, 2.45) is 11.1 Å². The fourth-order valence-corrected chi connectivity index (χ4v) is 5.11. The first-order valence-corrected chi connectivity index (χ1v) is 8.74. The van der Waals surface area contributed by atoms with Gasteiger partial charge in [0.15, 0.2) is 0 Å². The van der Waals surface area contributed by atoms with Crippen LogP contribution in [0.3, 0.4) is 0 Å². The van der Waals surface area contributed by atoms with E-state index in [0.717, 1.165) is 12.6 Å². The van der Waals surface area contributed by atoms with Crippen molar-refractivity contribution in [3.63, 3.8) is 0 Å². The Labute approximate surface area is 124 Å². The Kier molecular flexibility index (Phi) is 4.13. The van der Waals surface area contributed by atoms with Gasteiger partial charge >= 0.3 is 0 Å². The number of rotatable bonds is 3. The summed E-state index contributed by atoms with van der Waals surface area (Å²) in [6.07, 6.45) is 9.52. The lowest BCUT2D eigenvalue weighted by Crippen LogP contribution is -2.57. The Morgan fingerprint density at radius 2 is 1.80 bits per heavy atom. The van der Waals surface area contributed by atoms with Crippen LogP contribution in [0.5, 0.6) is 0 Å². The van der Waals surface area contributed by atoms with E-state index in [4.69, 9.17) is 5.73 Å². The Balaban J connectivity index is 1.67. The van der Waals surface area contributed by atoms with Gasteiger partial charge in [-0.2, -0.15) is 0 Å². The van der Waals surface area contributed by atoms with Crippen molar-refractivity contribution in [3.8, 4) is 0 Å². The fraction of sp³-hybridized carbons (Fsp3) is 1.00. The maximum atomic E-state index is 6.28. The summed E-state index contributed by atoms with van der Waals surface area (Å²) in [6.45, 7) is 10.9. The zero-order valence-electron chi connectivity index (χ0n) is 13.5. The second kappa shape index (κ2) is 5.58. The molecular formula is C17H33N3. The average molecular weight is 279 g/mol. The van der Waals surface area contributed by atoms with E-state index >= 15 is 0 Å². The van der Waals surface area contributed by atoms with E-state index in [1.165, 1.54) is 71.1 Å². The number of likely N-dealkylation sites (tertiary alicyclic amines) is 2. The van der Waals surface area contributed by atoms with E-state index in [1.807, 2.05) is 0 Å². The van der Waals surface area contributed by atoms with Crippen LogP contribution in [0.2, 0.25) is 0 Å². The van der Waals surface area contributed by atoms with E-state index < -0.39 is 0 Å². The first-order valence-electron chi connectivity index (χ1n) is 8.74. The van der Waals surface area contributed by atoms with Crippen LogP contribution in [0, 0.1) is 5.41 Å². The molecule has 1 aliphatic carbocycles. The van der Waals surface area contributed by atoms with Gasteiger partial charge in [-0.1, -0.05) is 20.3 Å². The maximum Gasteiger partial charge on any atom is 0.0337 e. The minimum Gasteiger partial charge on any atom is -0.329 e. The topological polar surface area (TPSA) is 32.5 Å². The predicted molar refractivity (Wildman–Crippen MR) is 84.8 cm³/mol. The highest BCUT2D eigenvalue weighted by Gasteiger charge is 2.46. The first kappa shape index (κ1) is 14.8. The van der Waals surface area contributed by atoms with Crippen molar-refractivity contribution in [1.82, 2.24) is 9.80 Å². The molecule has 3 rings (SSSR count). The third-order valence-corrected chi connectivity index (χ3v) is 6.17. The Morgan fingerprint density at radius 1 is 1.05 bits per heavy atom. The lowest BCUT2D eigenvalue weighted by Gasteiger charge is -2.50. The molecule has 3 fully saturated rings. The third kappa shape index (κ3) is 2.77. The quantitative estimate of drug-likeness (QED) is 0.861. The van der Waals surface area contributed by atoms with Gasteiger partial charge < -0.3 is 5.73 Å². The molecule has 0 bridgehead atoms. The van der Waals surface area contributed by atoms with Crippen molar-refractivity contribution in [3.05, 3.63) is 0 Å². The number of hydrogen-bond acceptors (Lipinski definition) is 3.